The van der Waals surface area contributed by atoms with E-state index in [1.807, 2.05) is 17.5 Å². The Morgan fingerprint density at radius 1 is 1.23 bits per heavy atom. The SMILES string of the molecule is Cc1oc(-c2cccs2)nc1CC(=O)N(C)CC(=O)Nc1ccc(OC(F)(F)F)cc1. The summed E-state index contributed by atoms with van der Waals surface area (Å²) in [6, 6.07) is 8.43. The summed E-state index contributed by atoms with van der Waals surface area (Å²) < 4.78 is 45.9. The lowest BCUT2D eigenvalue weighted by Gasteiger charge is -2.16. The molecule has 11 heteroatoms. The summed E-state index contributed by atoms with van der Waals surface area (Å²) in [4.78, 5) is 31.1. The number of aryl methyl sites for hydroxylation is 1. The van der Waals surface area contributed by atoms with Crippen LogP contribution in [-0.4, -0.2) is 41.7 Å². The van der Waals surface area contributed by atoms with E-state index in [1.54, 1.807) is 6.92 Å². The average molecular weight is 453 g/mol. The molecule has 0 saturated heterocycles. The average Bonchev–Trinajstić information content (AvgIpc) is 3.32. The van der Waals surface area contributed by atoms with Crippen LogP contribution in [-0.2, 0) is 16.0 Å². The summed E-state index contributed by atoms with van der Waals surface area (Å²) in [6.07, 6.45) is -4.82. The molecule has 0 spiro atoms. The minimum atomic E-state index is -4.79. The van der Waals surface area contributed by atoms with Crippen LogP contribution in [0, 0.1) is 6.92 Å². The van der Waals surface area contributed by atoms with E-state index in [9.17, 15) is 22.8 Å². The maximum absolute atomic E-state index is 12.5. The molecule has 7 nitrogen and oxygen atoms in total. The number of ether oxygens (including phenoxy) is 1. The van der Waals surface area contributed by atoms with Crippen molar-refractivity contribution in [1.82, 2.24) is 9.88 Å². The van der Waals surface area contributed by atoms with Crippen molar-refractivity contribution in [2.75, 3.05) is 18.9 Å². The molecule has 2 amide bonds. The van der Waals surface area contributed by atoms with E-state index in [0.29, 0.717) is 17.3 Å². The van der Waals surface area contributed by atoms with Crippen LogP contribution in [0.4, 0.5) is 18.9 Å². The first-order valence-corrected chi connectivity index (χ1v) is 9.88. The Kier molecular flexibility index (Phi) is 6.64. The normalized spacial score (nSPS) is 11.3. The molecule has 0 fully saturated rings. The van der Waals surface area contributed by atoms with E-state index in [4.69, 9.17) is 4.42 Å². The minimum absolute atomic E-state index is 0.0338. The summed E-state index contributed by atoms with van der Waals surface area (Å²) >= 11 is 1.47. The van der Waals surface area contributed by atoms with Crippen molar-refractivity contribution >= 4 is 28.8 Å². The lowest BCUT2D eigenvalue weighted by Crippen LogP contribution is -2.36. The van der Waals surface area contributed by atoms with Gasteiger partial charge in [0.2, 0.25) is 17.7 Å². The van der Waals surface area contributed by atoms with Crippen LogP contribution in [0.1, 0.15) is 11.5 Å². The van der Waals surface area contributed by atoms with Gasteiger partial charge in [-0.3, -0.25) is 9.59 Å². The lowest BCUT2D eigenvalue weighted by molar-refractivity contribution is -0.274. The van der Waals surface area contributed by atoms with E-state index < -0.39 is 18.0 Å². The molecule has 0 aliphatic carbocycles. The van der Waals surface area contributed by atoms with Gasteiger partial charge in [-0.15, -0.1) is 24.5 Å². The van der Waals surface area contributed by atoms with Crippen molar-refractivity contribution < 1.29 is 31.9 Å². The fourth-order valence-corrected chi connectivity index (χ4v) is 3.27. The molecule has 31 heavy (non-hydrogen) atoms. The standard InChI is InChI=1S/C20H18F3N3O4S/c1-12-15(25-19(29-12)16-4-3-9-31-16)10-18(28)26(2)11-17(27)24-13-5-7-14(8-6-13)30-20(21,22)23/h3-9H,10-11H2,1-2H3,(H,24,27). The molecular weight excluding hydrogens is 435 g/mol. The molecule has 0 aliphatic rings. The van der Waals surface area contributed by atoms with Gasteiger partial charge in [0.25, 0.3) is 0 Å². The third kappa shape index (κ3) is 6.32. The van der Waals surface area contributed by atoms with Gasteiger partial charge >= 0.3 is 6.36 Å². The van der Waals surface area contributed by atoms with Crippen LogP contribution in [0.5, 0.6) is 5.75 Å². The van der Waals surface area contributed by atoms with Gasteiger partial charge in [0.1, 0.15) is 11.5 Å². The molecule has 2 heterocycles. The number of amides is 2. The van der Waals surface area contributed by atoms with Crippen molar-refractivity contribution in [1.29, 1.82) is 0 Å². The van der Waals surface area contributed by atoms with Gasteiger partial charge in [0, 0.05) is 12.7 Å². The first kappa shape index (κ1) is 22.3. The highest BCUT2D eigenvalue weighted by Crippen LogP contribution is 2.26. The van der Waals surface area contributed by atoms with E-state index in [1.165, 1.54) is 35.4 Å². The topological polar surface area (TPSA) is 84.7 Å². The number of rotatable bonds is 7. The summed E-state index contributed by atoms with van der Waals surface area (Å²) in [5.74, 6) is -0.276. The number of oxazole rings is 1. The van der Waals surface area contributed by atoms with E-state index in [-0.39, 0.29) is 24.6 Å². The second-order valence-electron chi connectivity index (χ2n) is 6.55. The maximum Gasteiger partial charge on any atom is 0.573 e. The van der Waals surface area contributed by atoms with Crippen LogP contribution in [0.3, 0.4) is 0 Å². The third-order valence-electron chi connectivity index (χ3n) is 4.12. The Balaban J connectivity index is 1.53. The fourth-order valence-electron chi connectivity index (χ4n) is 2.62. The number of thiophene rings is 1. The van der Waals surface area contributed by atoms with E-state index in [2.05, 4.69) is 15.0 Å². The quantitative estimate of drug-likeness (QED) is 0.578. The molecule has 164 valence electrons. The zero-order valence-corrected chi connectivity index (χ0v) is 17.3. The summed E-state index contributed by atoms with van der Waals surface area (Å²) in [5, 5.41) is 4.41. The highest BCUT2D eigenvalue weighted by molar-refractivity contribution is 7.13. The van der Waals surface area contributed by atoms with Gasteiger partial charge in [0.15, 0.2) is 0 Å². The number of carbonyl (C=O) groups is 2. The first-order chi connectivity index (χ1) is 14.6. The molecule has 0 atom stereocenters. The van der Waals surface area contributed by atoms with Crippen LogP contribution in [0.15, 0.2) is 46.2 Å². The highest BCUT2D eigenvalue weighted by Gasteiger charge is 2.31. The number of halogens is 3. The number of likely N-dealkylation sites (N-methyl/N-ethyl adjacent to an activating group) is 1. The number of hydrogen-bond donors (Lipinski definition) is 1. The second kappa shape index (κ2) is 9.21. The molecule has 1 N–H and O–H groups in total. The predicted octanol–water partition coefficient (Wildman–Crippen LogP) is 4.25. The number of carbonyl (C=O) groups excluding carboxylic acids is 2. The third-order valence-corrected chi connectivity index (χ3v) is 4.98. The number of benzene rings is 1. The van der Waals surface area contributed by atoms with Gasteiger partial charge in [-0.2, -0.15) is 0 Å². The van der Waals surface area contributed by atoms with Crippen molar-refractivity contribution in [3.8, 4) is 16.5 Å². The second-order valence-corrected chi connectivity index (χ2v) is 7.49. The summed E-state index contributed by atoms with van der Waals surface area (Å²) in [6.45, 7) is 1.47. The van der Waals surface area contributed by atoms with Crippen LogP contribution in [0.25, 0.3) is 10.8 Å². The molecule has 0 bridgehead atoms. The minimum Gasteiger partial charge on any atom is -0.440 e. The Morgan fingerprint density at radius 3 is 2.55 bits per heavy atom. The highest BCUT2D eigenvalue weighted by atomic mass is 32.1. The number of nitrogens with one attached hydrogen (secondary N) is 1. The van der Waals surface area contributed by atoms with Gasteiger partial charge < -0.3 is 19.4 Å². The Hall–Kier alpha value is -3.34. The number of anilines is 1. The molecule has 0 saturated carbocycles. The van der Waals surface area contributed by atoms with E-state index in [0.717, 1.165) is 17.0 Å². The van der Waals surface area contributed by atoms with Crippen molar-refractivity contribution in [3.05, 3.63) is 53.2 Å². The molecular formula is C20H18F3N3O4S. The Morgan fingerprint density at radius 2 is 1.94 bits per heavy atom. The number of alkyl halides is 3. The first-order valence-electron chi connectivity index (χ1n) is 9.00. The monoisotopic (exact) mass is 453 g/mol. The van der Waals surface area contributed by atoms with Crippen LogP contribution >= 0.6 is 11.3 Å². The molecule has 2 aromatic heterocycles. The van der Waals surface area contributed by atoms with Crippen LogP contribution in [0.2, 0.25) is 0 Å². The zero-order chi connectivity index (χ0) is 22.6. The van der Waals surface area contributed by atoms with Gasteiger partial charge in [0.05, 0.1) is 23.5 Å². The largest absolute Gasteiger partial charge is 0.573 e. The number of aromatic nitrogens is 1. The van der Waals surface area contributed by atoms with Gasteiger partial charge in [-0.25, -0.2) is 4.98 Å². The summed E-state index contributed by atoms with van der Waals surface area (Å²) in [5.41, 5.74) is 0.759. The van der Waals surface area contributed by atoms with Crippen molar-refractivity contribution in [2.24, 2.45) is 0 Å². The van der Waals surface area contributed by atoms with Crippen LogP contribution < -0.4 is 10.1 Å². The smallest absolute Gasteiger partial charge is 0.440 e. The molecule has 3 aromatic rings. The maximum atomic E-state index is 12.5. The Bertz CT molecular complexity index is 1050. The molecule has 3 rings (SSSR count). The van der Waals surface area contributed by atoms with E-state index >= 15 is 0 Å². The van der Waals surface area contributed by atoms with Crippen molar-refractivity contribution in [2.45, 2.75) is 19.7 Å². The summed E-state index contributed by atoms with van der Waals surface area (Å²) in [7, 11) is 1.47. The molecule has 0 radical (unpaired) electrons. The Labute approximate surface area is 179 Å². The lowest BCUT2D eigenvalue weighted by atomic mass is 10.2. The van der Waals surface area contributed by atoms with Gasteiger partial charge in [-0.1, -0.05) is 6.07 Å². The molecule has 0 unspecified atom stereocenters. The molecule has 0 aliphatic heterocycles. The zero-order valence-electron chi connectivity index (χ0n) is 16.5. The number of nitrogens with zero attached hydrogens (tertiary/aromatic N) is 2. The number of hydrogen-bond acceptors (Lipinski definition) is 6. The van der Waals surface area contributed by atoms with Gasteiger partial charge in [-0.05, 0) is 42.6 Å². The predicted molar refractivity (Wildman–Crippen MR) is 108 cm³/mol. The molecule has 1 aromatic carbocycles. The van der Waals surface area contributed by atoms with Crippen molar-refractivity contribution in [3.63, 3.8) is 0 Å². The fraction of sp³-hybridized carbons (Fsp3) is 0.250.